The van der Waals surface area contributed by atoms with Crippen LogP contribution < -0.4 is 33.8 Å². The fourth-order valence-electron chi connectivity index (χ4n) is 5.72. The van der Waals surface area contributed by atoms with Crippen molar-refractivity contribution in [2.75, 3.05) is 27.9 Å². The summed E-state index contributed by atoms with van der Waals surface area (Å²) in [4.78, 5) is 33.6. The molecule has 0 amide bonds. The van der Waals surface area contributed by atoms with Crippen molar-refractivity contribution < 1.29 is 28.5 Å². The smallest absolute Gasteiger partial charge is 0.338 e. The van der Waals surface area contributed by atoms with E-state index in [1.165, 1.54) is 23.0 Å². The van der Waals surface area contributed by atoms with Gasteiger partial charge in [0.15, 0.2) is 27.8 Å². The van der Waals surface area contributed by atoms with Gasteiger partial charge in [-0.1, -0.05) is 59.9 Å². The second-order valence-corrected chi connectivity index (χ2v) is 13.0. The number of hydrogen-bond acceptors (Lipinski definition) is 10. The lowest BCUT2D eigenvalue weighted by Gasteiger charge is -2.26. The van der Waals surface area contributed by atoms with E-state index in [1.54, 1.807) is 63.6 Å². The predicted molar refractivity (Wildman–Crippen MR) is 197 cm³/mol. The van der Waals surface area contributed by atoms with E-state index >= 15 is 0 Å². The molecule has 0 bridgehead atoms. The fraction of sp³-hybridized carbons (Fsp3) is 0.179. The van der Waals surface area contributed by atoms with Crippen molar-refractivity contribution in [2.24, 2.45) is 4.99 Å². The number of esters is 1. The monoisotopic (exact) mass is 765 g/mol. The molecule has 6 rings (SSSR count). The molecule has 5 aromatic rings. The molecule has 0 fully saturated rings. The van der Waals surface area contributed by atoms with Gasteiger partial charge in [0.05, 0.1) is 65.9 Å². The molecule has 258 valence electrons. The summed E-state index contributed by atoms with van der Waals surface area (Å²) in [6, 6.07) is 26.6. The van der Waals surface area contributed by atoms with Crippen molar-refractivity contribution in [3.63, 3.8) is 0 Å². The molecule has 0 aliphatic carbocycles. The highest BCUT2D eigenvalue weighted by atomic mass is 79.9. The van der Waals surface area contributed by atoms with Crippen molar-refractivity contribution in [1.29, 1.82) is 5.26 Å². The average molecular weight is 767 g/mol. The quantitative estimate of drug-likeness (QED) is 0.146. The van der Waals surface area contributed by atoms with Crippen molar-refractivity contribution in [3.8, 4) is 29.1 Å². The Labute approximate surface area is 306 Å². The minimum atomic E-state index is -0.892. The summed E-state index contributed by atoms with van der Waals surface area (Å²) in [5.41, 5.74) is 3.73. The van der Waals surface area contributed by atoms with Crippen LogP contribution in [-0.2, 0) is 16.1 Å². The number of benzene rings is 4. The summed E-state index contributed by atoms with van der Waals surface area (Å²) in [5.74, 6) is 1.30. The van der Waals surface area contributed by atoms with E-state index in [9.17, 15) is 9.59 Å². The van der Waals surface area contributed by atoms with Crippen molar-refractivity contribution in [2.45, 2.75) is 19.6 Å². The zero-order chi connectivity index (χ0) is 36.1. The SMILES string of the molecule is CCOC(=O)C1=C(c2ccccc2)N=c2s/c(=C\c3cc(Br)c(OCc4ccc(C#N)cc4)c(OC)c3)c(=O)n2[C@H]1c1ccc(OC)c(OC)c1. The summed E-state index contributed by atoms with van der Waals surface area (Å²) < 4.78 is 31.0. The molecule has 0 saturated carbocycles. The number of methoxy groups -OCH3 is 3. The highest BCUT2D eigenvalue weighted by molar-refractivity contribution is 9.10. The van der Waals surface area contributed by atoms with Gasteiger partial charge in [-0.2, -0.15) is 5.26 Å². The minimum Gasteiger partial charge on any atom is -0.493 e. The molecule has 0 radical (unpaired) electrons. The van der Waals surface area contributed by atoms with Gasteiger partial charge in [0.1, 0.15) is 6.61 Å². The lowest BCUT2D eigenvalue weighted by molar-refractivity contribution is -0.138. The third-order valence-corrected chi connectivity index (χ3v) is 9.68. The minimum absolute atomic E-state index is 0.136. The Kier molecular flexibility index (Phi) is 10.7. The van der Waals surface area contributed by atoms with E-state index in [-0.39, 0.29) is 24.3 Å². The number of nitrogens with zero attached hydrogens (tertiary/aromatic N) is 3. The lowest BCUT2D eigenvalue weighted by atomic mass is 9.93. The maximum absolute atomic E-state index is 14.4. The number of ether oxygens (including phenoxy) is 5. The Morgan fingerprint density at radius 2 is 1.69 bits per heavy atom. The van der Waals surface area contributed by atoms with Crippen LogP contribution in [-0.4, -0.2) is 38.5 Å². The molecule has 1 aliphatic heterocycles. The molecule has 1 atom stereocenters. The van der Waals surface area contributed by atoms with Crippen LogP contribution in [0, 0.1) is 11.3 Å². The van der Waals surface area contributed by atoms with Gasteiger partial charge in [-0.05, 0) is 82.0 Å². The number of nitriles is 1. The van der Waals surface area contributed by atoms with Gasteiger partial charge >= 0.3 is 5.97 Å². The van der Waals surface area contributed by atoms with Crippen LogP contribution in [0.25, 0.3) is 11.8 Å². The largest absolute Gasteiger partial charge is 0.493 e. The Morgan fingerprint density at radius 1 is 0.961 bits per heavy atom. The highest BCUT2D eigenvalue weighted by Crippen LogP contribution is 2.39. The van der Waals surface area contributed by atoms with E-state index < -0.39 is 12.0 Å². The summed E-state index contributed by atoms with van der Waals surface area (Å²) >= 11 is 4.82. The van der Waals surface area contributed by atoms with Gasteiger partial charge in [-0.15, -0.1) is 0 Å². The Balaban J connectivity index is 1.50. The molecular formula is C39H32BrN3O7S. The van der Waals surface area contributed by atoms with E-state index in [4.69, 9.17) is 33.9 Å². The topological polar surface area (TPSA) is 121 Å². The van der Waals surface area contributed by atoms with Crippen LogP contribution in [0.5, 0.6) is 23.0 Å². The van der Waals surface area contributed by atoms with Crippen LogP contribution in [0.3, 0.4) is 0 Å². The van der Waals surface area contributed by atoms with E-state index in [2.05, 4.69) is 22.0 Å². The molecule has 0 N–H and O–H groups in total. The number of carbonyl (C=O) groups excluding carboxylic acids is 1. The summed E-state index contributed by atoms with van der Waals surface area (Å²) in [7, 11) is 4.61. The predicted octanol–water partition coefficient (Wildman–Crippen LogP) is 6.17. The number of aromatic nitrogens is 1. The van der Waals surface area contributed by atoms with Crippen LogP contribution in [0.15, 0.2) is 105 Å². The van der Waals surface area contributed by atoms with Gasteiger partial charge in [-0.3, -0.25) is 9.36 Å². The van der Waals surface area contributed by atoms with Crippen LogP contribution in [0.1, 0.15) is 40.8 Å². The summed E-state index contributed by atoms with van der Waals surface area (Å²) in [5, 5.41) is 9.09. The van der Waals surface area contributed by atoms with Gasteiger partial charge in [0.25, 0.3) is 5.56 Å². The van der Waals surface area contributed by atoms with Gasteiger partial charge in [-0.25, -0.2) is 9.79 Å². The molecule has 0 saturated heterocycles. The average Bonchev–Trinajstić information content (AvgIpc) is 3.47. The number of rotatable bonds is 11. The molecule has 0 unspecified atom stereocenters. The number of hydrogen-bond donors (Lipinski definition) is 0. The molecule has 4 aromatic carbocycles. The first-order valence-corrected chi connectivity index (χ1v) is 17.4. The van der Waals surface area contributed by atoms with E-state index in [0.29, 0.717) is 64.8 Å². The third-order valence-electron chi connectivity index (χ3n) is 8.11. The molecule has 1 aromatic heterocycles. The summed E-state index contributed by atoms with van der Waals surface area (Å²) in [6.07, 6.45) is 1.75. The lowest BCUT2D eigenvalue weighted by Crippen LogP contribution is -2.40. The maximum Gasteiger partial charge on any atom is 0.338 e. The molecular weight excluding hydrogens is 734 g/mol. The third kappa shape index (κ3) is 7.17. The van der Waals surface area contributed by atoms with Gasteiger partial charge in [0.2, 0.25) is 0 Å². The first-order chi connectivity index (χ1) is 24.8. The zero-order valence-electron chi connectivity index (χ0n) is 28.1. The Hall–Kier alpha value is -5.64. The molecule has 10 nitrogen and oxygen atoms in total. The molecule has 12 heteroatoms. The Morgan fingerprint density at radius 3 is 2.35 bits per heavy atom. The fourth-order valence-corrected chi connectivity index (χ4v) is 7.30. The summed E-state index contributed by atoms with van der Waals surface area (Å²) in [6.45, 7) is 2.12. The maximum atomic E-state index is 14.4. The number of fused-ring (bicyclic) bond motifs is 1. The van der Waals surface area contributed by atoms with Crippen molar-refractivity contribution in [3.05, 3.63) is 142 Å². The molecule has 0 spiro atoms. The molecule has 1 aliphatic rings. The number of halogens is 1. The Bertz CT molecular complexity index is 2360. The first kappa shape index (κ1) is 35.2. The van der Waals surface area contributed by atoms with Crippen LogP contribution >= 0.6 is 27.3 Å². The number of carbonyl (C=O) groups is 1. The second kappa shape index (κ2) is 15.5. The van der Waals surface area contributed by atoms with Crippen LogP contribution in [0.2, 0.25) is 0 Å². The zero-order valence-corrected chi connectivity index (χ0v) is 30.5. The van der Waals surface area contributed by atoms with Crippen molar-refractivity contribution >= 4 is 45.0 Å². The highest BCUT2D eigenvalue weighted by Gasteiger charge is 2.35. The first-order valence-electron chi connectivity index (χ1n) is 15.8. The molecule has 2 heterocycles. The molecule has 51 heavy (non-hydrogen) atoms. The van der Waals surface area contributed by atoms with E-state index in [0.717, 1.165) is 5.56 Å². The van der Waals surface area contributed by atoms with E-state index in [1.807, 2.05) is 48.5 Å². The van der Waals surface area contributed by atoms with Crippen LogP contribution in [0.4, 0.5) is 0 Å². The standard InChI is InChI=1S/C39H32BrN3O7S/c1-5-49-38(45)33-34(26-9-7-6-8-10-26)42-39-43(35(33)27-15-16-29(46-2)30(20-27)47-3)37(44)32(51-39)19-25-17-28(40)36(31(18-25)48-4)50-22-24-13-11-23(21-41)12-14-24/h6-20,35H,5,22H2,1-4H3/b32-19-/t35-/m0/s1. The van der Waals surface area contributed by atoms with Crippen molar-refractivity contribution in [1.82, 2.24) is 4.57 Å². The second-order valence-electron chi connectivity index (χ2n) is 11.2. The normalized spacial score (nSPS) is 13.9. The van der Waals surface area contributed by atoms with Gasteiger partial charge in [0, 0.05) is 5.56 Å². The van der Waals surface area contributed by atoms with Gasteiger partial charge < -0.3 is 23.7 Å². The number of thiazole rings is 1.